The lowest BCUT2D eigenvalue weighted by molar-refractivity contribution is -0.122. The molecule has 0 saturated carbocycles. The van der Waals surface area contributed by atoms with Gasteiger partial charge in [-0.15, -0.1) is 0 Å². The van der Waals surface area contributed by atoms with Gasteiger partial charge in [0.25, 0.3) is 11.1 Å². The van der Waals surface area contributed by atoms with Crippen LogP contribution < -0.4 is 0 Å². The van der Waals surface area contributed by atoms with Crippen molar-refractivity contribution >= 4 is 29.0 Å². The number of phenolic OH excluding ortho intramolecular Hbond substituents is 1. The van der Waals surface area contributed by atoms with Crippen LogP contribution in [-0.4, -0.2) is 27.7 Å². The first-order chi connectivity index (χ1) is 9.13. The van der Waals surface area contributed by atoms with E-state index in [-0.39, 0.29) is 16.9 Å². The number of benzene rings is 1. The lowest BCUT2D eigenvalue weighted by Crippen LogP contribution is -2.29. The Morgan fingerprint density at radius 3 is 2.74 bits per heavy atom. The van der Waals surface area contributed by atoms with E-state index in [0.717, 1.165) is 24.6 Å². The molecule has 2 rings (SSSR count). The molecule has 0 radical (unpaired) electrons. The third kappa shape index (κ3) is 2.98. The van der Waals surface area contributed by atoms with Crippen molar-refractivity contribution < 1.29 is 14.7 Å². The van der Waals surface area contributed by atoms with Gasteiger partial charge in [0.05, 0.1) is 4.91 Å². The highest BCUT2D eigenvalue weighted by Crippen LogP contribution is 2.33. The molecule has 0 aliphatic carbocycles. The van der Waals surface area contributed by atoms with Gasteiger partial charge in [0.15, 0.2) is 0 Å². The molecule has 0 atom stereocenters. The number of carbonyl (C=O) groups excluding carboxylic acids is 2. The van der Waals surface area contributed by atoms with E-state index in [9.17, 15) is 14.7 Å². The van der Waals surface area contributed by atoms with Crippen LogP contribution in [0, 0.1) is 0 Å². The van der Waals surface area contributed by atoms with Crippen molar-refractivity contribution in [3.63, 3.8) is 0 Å². The van der Waals surface area contributed by atoms with Crippen molar-refractivity contribution in [1.82, 2.24) is 4.90 Å². The van der Waals surface area contributed by atoms with Crippen LogP contribution in [0.15, 0.2) is 29.2 Å². The van der Waals surface area contributed by atoms with Gasteiger partial charge >= 0.3 is 0 Å². The van der Waals surface area contributed by atoms with Crippen molar-refractivity contribution in [2.75, 3.05) is 6.54 Å². The summed E-state index contributed by atoms with van der Waals surface area (Å²) in [6.07, 6.45) is 3.30. The summed E-state index contributed by atoms with van der Waals surface area (Å²) in [5.41, 5.74) is 0.545. The van der Waals surface area contributed by atoms with E-state index in [4.69, 9.17) is 0 Å². The number of thioether (sulfide) groups is 1. The maximum Gasteiger partial charge on any atom is 0.293 e. The fraction of sp³-hybridized carbons (Fsp3) is 0.286. The van der Waals surface area contributed by atoms with Gasteiger partial charge in [0.2, 0.25) is 0 Å². The van der Waals surface area contributed by atoms with Crippen molar-refractivity contribution in [2.45, 2.75) is 19.8 Å². The number of imide groups is 1. The molecule has 1 aliphatic heterocycles. The zero-order valence-electron chi connectivity index (χ0n) is 10.6. The Morgan fingerprint density at radius 1 is 1.32 bits per heavy atom. The van der Waals surface area contributed by atoms with E-state index < -0.39 is 0 Å². The zero-order chi connectivity index (χ0) is 13.8. The predicted octanol–water partition coefficient (Wildman–Crippen LogP) is 3.23. The number of aromatic hydroxyl groups is 1. The quantitative estimate of drug-likeness (QED) is 0.858. The SMILES string of the molecule is CCCCN1C(=O)S/C(=C\c2ccccc2O)C1=O. The standard InChI is InChI=1S/C14H15NO3S/c1-2-3-8-15-13(17)12(19-14(15)18)9-10-6-4-5-7-11(10)16/h4-7,9,16H,2-3,8H2,1H3/b12-9-. The van der Waals surface area contributed by atoms with Gasteiger partial charge in [0, 0.05) is 12.1 Å². The molecule has 4 nitrogen and oxygen atoms in total. The molecular weight excluding hydrogens is 262 g/mol. The first-order valence-electron chi connectivity index (χ1n) is 6.17. The van der Waals surface area contributed by atoms with Crippen LogP contribution in [0.25, 0.3) is 6.08 Å². The largest absolute Gasteiger partial charge is 0.507 e. The second-order valence-corrected chi connectivity index (χ2v) is 5.24. The molecule has 2 amide bonds. The van der Waals surface area contributed by atoms with E-state index in [0.29, 0.717) is 17.0 Å². The molecule has 0 unspecified atom stereocenters. The molecular formula is C14H15NO3S. The molecule has 19 heavy (non-hydrogen) atoms. The van der Waals surface area contributed by atoms with E-state index >= 15 is 0 Å². The fourth-order valence-corrected chi connectivity index (χ4v) is 2.62. The maximum absolute atomic E-state index is 12.1. The van der Waals surface area contributed by atoms with Crippen molar-refractivity contribution in [3.8, 4) is 5.75 Å². The van der Waals surface area contributed by atoms with Crippen LogP contribution in [0.5, 0.6) is 5.75 Å². The predicted molar refractivity (Wildman–Crippen MR) is 75.7 cm³/mol. The summed E-state index contributed by atoms with van der Waals surface area (Å²) in [5, 5.41) is 9.43. The van der Waals surface area contributed by atoms with Gasteiger partial charge in [-0.1, -0.05) is 31.5 Å². The Kier molecular flexibility index (Phi) is 4.27. The molecule has 1 aliphatic rings. The molecule has 1 aromatic carbocycles. The second-order valence-electron chi connectivity index (χ2n) is 4.25. The lowest BCUT2D eigenvalue weighted by atomic mass is 10.2. The number of carbonyl (C=O) groups is 2. The van der Waals surface area contributed by atoms with Gasteiger partial charge < -0.3 is 5.11 Å². The molecule has 1 heterocycles. The van der Waals surface area contributed by atoms with Crippen LogP contribution >= 0.6 is 11.8 Å². The smallest absolute Gasteiger partial charge is 0.293 e. The molecule has 0 bridgehead atoms. The Bertz CT molecular complexity index is 539. The van der Waals surface area contributed by atoms with Gasteiger partial charge in [-0.05, 0) is 30.3 Å². The first kappa shape index (κ1) is 13.7. The average molecular weight is 277 g/mol. The maximum atomic E-state index is 12.1. The van der Waals surface area contributed by atoms with Crippen LogP contribution in [0.1, 0.15) is 25.3 Å². The average Bonchev–Trinajstić information content (AvgIpc) is 2.65. The van der Waals surface area contributed by atoms with Gasteiger partial charge in [-0.25, -0.2) is 0 Å². The summed E-state index contributed by atoms with van der Waals surface area (Å²) in [6, 6.07) is 6.73. The highest BCUT2D eigenvalue weighted by molar-refractivity contribution is 8.18. The van der Waals surface area contributed by atoms with Crippen molar-refractivity contribution in [1.29, 1.82) is 0 Å². The Morgan fingerprint density at radius 2 is 2.05 bits per heavy atom. The zero-order valence-corrected chi connectivity index (χ0v) is 11.4. The van der Waals surface area contributed by atoms with Crippen molar-refractivity contribution in [3.05, 3.63) is 34.7 Å². The number of unbranched alkanes of at least 4 members (excludes halogenated alkanes) is 1. The molecule has 100 valence electrons. The number of hydrogen-bond donors (Lipinski definition) is 1. The molecule has 0 aromatic heterocycles. The molecule has 5 heteroatoms. The Hall–Kier alpha value is -1.75. The summed E-state index contributed by atoms with van der Waals surface area (Å²) >= 11 is 0.923. The van der Waals surface area contributed by atoms with E-state index in [1.807, 2.05) is 6.92 Å². The van der Waals surface area contributed by atoms with Crippen LogP contribution in [0.3, 0.4) is 0 Å². The number of hydrogen-bond acceptors (Lipinski definition) is 4. The third-order valence-corrected chi connectivity index (χ3v) is 3.74. The van der Waals surface area contributed by atoms with Gasteiger partial charge in [-0.3, -0.25) is 14.5 Å². The Balaban J connectivity index is 2.21. The minimum absolute atomic E-state index is 0.0999. The van der Waals surface area contributed by atoms with Crippen molar-refractivity contribution in [2.24, 2.45) is 0 Å². The van der Waals surface area contributed by atoms with Crippen LogP contribution in [0.4, 0.5) is 4.79 Å². The monoisotopic (exact) mass is 277 g/mol. The second kappa shape index (κ2) is 5.93. The van der Waals surface area contributed by atoms with Gasteiger partial charge in [0.1, 0.15) is 5.75 Å². The summed E-state index contributed by atoms with van der Waals surface area (Å²) < 4.78 is 0. The highest BCUT2D eigenvalue weighted by atomic mass is 32.2. The number of rotatable bonds is 4. The number of phenols is 1. The van der Waals surface area contributed by atoms with Crippen LogP contribution in [-0.2, 0) is 4.79 Å². The number of amides is 2. The summed E-state index contributed by atoms with van der Waals surface area (Å²) in [5.74, 6) is -0.172. The lowest BCUT2D eigenvalue weighted by Gasteiger charge is -2.10. The normalized spacial score (nSPS) is 17.5. The molecule has 1 fully saturated rings. The summed E-state index contributed by atoms with van der Waals surface area (Å²) in [6.45, 7) is 2.47. The van der Waals surface area contributed by atoms with Gasteiger partial charge in [-0.2, -0.15) is 0 Å². The van der Waals surface area contributed by atoms with E-state index in [1.54, 1.807) is 30.3 Å². The summed E-state index contributed by atoms with van der Waals surface area (Å²) in [4.78, 5) is 25.4. The molecule has 0 spiro atoms. The topological polar surface area (TPSA) is 57.6 Å². The molecule has 1 aromatic rings. The number of para-hydroxylation sites is 1. The molecule has 1 N–H and O–H groups in total. The first-order valence-corrected chi connectivity index (χ1v) is 6.98. The minimum atomic E-state index is -0.272. The number of nitrogens with zero attached hydrogens (tertiary/aromatic N) is 1. The van der Waals surface area contributed by atoms with Crippen LogP contribution in [0.2, 0.25) is 0 Å². The highest BCUT2D eigenvalue weighted by Gasteiger charge is 2.34. The van der Waals surface area contributed by atoms with E-state index in [2.05, 4.69) is 0 Å². The minimum Gasteiger partial charge on any atom is -0.507 e. The fourth-order valence-electron chi connectivity index (χ4n) is 1.76. The Labute approximate surface area is 116 Å². The molecule has 1 saturated heterocycles. The third-order valence-electron chi connectivity index (χ3n) is 2.83. The summed E-state index contributed by atoms with van der Waals surface area (Å²) in [7, 11) is 0. The van der Waals surface area contributed by atoms with E-state index in [1.165, 1.54) is 4.90 Å².